The molecular formula is C16H12F3NO5. The minimum atomic E-state index is -4.63. The lowest BCUT2D eigenvalue weighted by molar-refractivity contribution is -0.153. The summed E-state index contributed by atoms with van der Waals surface area (Å²) in [5.74, 6) is -2.62. The number of alkyl halides is 3. The van der Waals surface area contributed by atoms with Gasteiger partial charge >= 0.3 is 6.18 Å². The van der Waals surface area contributed by atoms with Crippen molar-refractivity contribution in [2.45, 2.75) is 12.7 Å². The number of ketones is 1. The number of fused-ring (bicyclic) bond motifs is 1. The van der Waals surface area contributed by atoms with E-state index in [9.17, 15) is 22.8 Å². The van der Waals surface area contributed by atoms with Gasteiger partial charge in [0, 0.05) is 0 Å². The highest BCUT2D eigenvalue weighted by Gasteiger charge is 2.41. The first kappa shape index (κ1) is 16.9. The summed E-state index contributed by atoms with van der Waals surface area (Å²) in [5.41, 5.74) is 0.229. The fraction of sp³-hybridized carbons (Fsp3) is 0.250. The van der Waals surface area contributed by atoms with Crippen molar-refractivity contribution in [3.63, 3.8) is 0 Å². The minimum absolute atomic E-state index is 0.00875. The first-order chi connectivity index (χ1) is 11.8. The Kier molecular flexibility index (Phi) is 3.94. The molecule has 1 aromatic heterocycles. The topological polar surface area (TPSA) is 69.0 Å². The van der Waals surface area contributed by atoms with Gasteiger partial charge in [0.25, 0.3) is 11.7 Å². The van der Waals surface area contributed by atoms with Gasteiger partial charge in [0.2, 0.25) is 5.76 Å². The van der Waals surface area contributed by atoms with Crippen LogP contribution >= 0.6 is 0 Å². The summed E-state index contributed by atoms with van der Waals surface area (Å²) >= 11 is 0. The molecule has 0 atom stereocenters. The Hall–Kier alpha value is -2.97. The highest BCUT2D eigenvalue weighted by molar-refractivity contribution is 6.53. The van der Waals surface area contributed by atoms with Crippen molar-refractivity contribution in [1.82, 2.24) is 0 Å². The summed E-state index contributed by atoms with van der Waals surface area (Å²) in [6.07, 6.45) is -4.63. The van der Waals surface area contributed by atoms with Gasteiger partial charge in [-0.1, -0.05) is 0 Å². The Morgan fingerprint density at radius 3 is 2.36 bits per heavy atom. The number of amides is 1. The number of ether oxygens (including phenoxy) is 2. The van der Waals surface area contributed by atoms with E-state index in [0.29, 0.717) is 0 Å². The molecule has 0 spiro atoms. The third-order valence-electron chi connectivity index (χ3n) is 3.74. The molecule has 1 aliphatic rings. The highest BCUT2D eigenvalue weighted by Crippen LogP contribution is 2.42. The number of halogens is 3. The molecule has 1 aromatic carbocycles. The molecule has 0 fully saturated rings. The number of carbonyl (C=O) groups is 2. The second kappa shape index (κ2) is 5.83. The van der Waals surface area contributed by atoms with E-state index in [-0.39, 0.29) is 35.1 Å². The average Bonchev–Trinajstić information content (AvgIpc) is 3.13. The van der Waals surface area contributed by atoms with E-state index < -0.39 is 23.6 Å². The fourth-order valence-electron chi connectivity index (χ4n) is 2.63. The number of anilines is 1. The lowest BCUT2D eigenvalue weighted by Crippen LogP contribution is -2.28. The van der Waals surface area contributed by atoms with Gasteiger partial charge in [-0.15, -0.1) is 0 Å². The average molecular weight is 355 g/mol. The number of hydrogen-bond donors (Lipinski definition) is 0. The molecule has 0 N–H and O–H groups in total. The van der Waals surface area contributed by atoms with E-state index in [1.54, 1.807) is 0 Å². The van der Waals surface area contributed by atoms with E-state index in [4.69, 9.17) is 13.9 Å². The summed E-state index contributed by atoms with van der Waals surface area (Å²) < 4.78 is 52.8. The summed E-state index contributed by atoms with van der Waals surface area (Å²) in [5, 5.41) is 0. The summed E-state index contributed by atoms with van der Waals surface area (Å²) in [6.45, 7) is -0.316. The van der Waals surface area contributed by atoms with Crippen LogP contribution in [0.3, 0.4) is 0 Å². The molecule has 0 saturated heterocycles. The van der Waals surface area contributed by atoms with Crippen LogP contribution in [0.4, 0.5) is 18.9 Å². The standard InChI is InChI=1S/C16H12F3NO5/c1-23-10-5-4-9-12(14(10)24-2)13(21)15(22)20(9)7-8-3-6-11(25-8)16(17,18)19/h3-6H,7H2,1-2H3. The zero-order valence-corrected chi connectivity index (χ0v) is 13.1. The van der Waals surface area contributed by atoms with E-state index in [1.807, 2.05) is 0 Å². The van der Waals surface area contributed by atoms with Crippen molar-refractivity contribution in [3.05, 3.63) is 41.3 Å². The monoisotopic (exact) mass is 355 g/mol. The number of benzene rings is 1. The fourth-order valence-corrected chi connectivity index (χ4v) is 2.63. The lowest BCUT2D eigenvalue weighted by atomic mass is 10.1. The summed E-state index contributed by atoms with van der Waals surface area (Å²) in [4.78, 5) is 25.6. The quantitative estimate of drug-likeness (QED) is 0.789. The molecule has 6 nitrogen and oxygen atoms in total. The second-order valence-corrected chi connectivity index (χ2v) is 5.18. The van der Waals surface area contributed by atoms with Crippen molar-refractivity contribution in [2.75, 3.05) is 19.1 Å². The minimum Gasteiger partial charge on any atom is -0.493 e. The number of Topliss-reactive ketones (excluding diaryl/α,β-unsaturated/α-hetero) is 1. The first-order valence-electron chi connectivity index (χ1n) is 7.05. The van der Waals surface area contributed by atoms with Crippen LogP contribution in [-0.2, 0) is 17.5 Å². The summed E-state index contributed by atoms with van der Waals surface area (Å²) in [7, 11) is 2.70. The van der Waals surface area contributed by atoms with Crippen LogP contribution in [0.15, 0.2) is 28.7 Å². The normalized spacial score (nSPS) is 14.0. The van der Waals surface area contributed by atoms with E-state index in [2.05, 4.69) is 0 Å². The molecular weight excluding hydrogens is 343 g/mol. The van der Waals surface area contributed by atoms with Gasteiger partial charge in [0.15, 0.2) is 11.5 Å². The molecule has 132 valence electrons. The third-order valence-corrected chi connectivity index (χ3v) is 3.74. The van der Waals surface area contributed by atoms with Crippen molar-refractivity contribution in [3.8, 4) is 11.5 Å². The van der Waals surface area contributed by atoms with Crippen molar-refractivity contribution in [1.29, 1.82) is 0 Å². The van der Waals surface area contributed by atoms with Crippen LogP contribution < -0.4 is 14.4 Å². The molecule has 25 heavy (non-hydrogen) atoms. The number of carbonyl (C=O) groups excluding carboxylic acids is 2. The SMILES string of the molecule is COc1ccc2c(c1OC)C(=O)C(=O)N2Cc1ccc(C(F)(F)F)o1. The van der Waals surface area contributed by atoms with Crippen molar-refractivity contribution < 1.29 is 36.7 Å². The van der Waals surface area contributed by atoms with Gasteiger partial charge in [-0.05, 0) is 24.3 Å². The molecule has 0 saturated carbocycles. The number of nitrogens with zero attached hydrogens (tertiary/aromatic N) is 1. The Labute approximate surface area is 139 Å². The van der Waals surface area contributed by atoms with Gasteiger partial charge in [-0.3, -0.25) is 14.5 Å². The molecule has 2 heterocycles. The molecule has 2 aromatic rings. The number of rotatable bonds is 4. The van der Waals surface area contributed by atoms with Gasteiger partial charge in [0.1, 0.15) is 5.76 Å². The molecule has 3 rings (SSSR count). The van der Waals surface area contributed by atoms with Crippen LogP contribution in [-0.4, -0.2) is 25.9 Å². The van der Waals surface area contributed by atoms with Crippen molar-refractivity contribution >= 4 is 17.4 Å². The predicted octanol–water partition coefficient (Wildman–Crippen LogP) is 3.05. The number of methoxy groups -OCH3 is 2. The van der Waals surface area contributed by atoms with Crippen LogP contribution in [0.2, 0.25) is 0 Å². The van der Waals surface area contributed by atoms with E-state index >= 15 is 0 Å². The Morgan fingerprint density at radius 2 is 1.80 bits per heavy atom. The molecule has 0 radical (unpaired) electrons. The molecule has 1 aliphatic heterocycles. The van der Waals surface area contributed by atoms with E-state index in [1.165, 1.54) is 26.4 Å². The molecule has 0 bridgehead atoms. The van der Waals surface area contributed by atoms with Crippen LogP contribution in [0.25, 0.3) is 0 Å². The largest absolute Gasteiger partial charge is 0.493 e. The number of furan rings is 1. The maximum atomic E-state index is 12.6. The van der Waals surface area contributed by atoms with Gasteiger partial charge in [0.05, 0.1) is 32.0 Å². The smallest absolute Gasteiger partial charge is 0.449 e. The maximum absolute atomic E-state index is 12.6. The molecule has 0 aliphatic carbocycles. The van der Waals surface area contributed by atoms with Gasteiger partial charge in [-0.25, -0.2) is 0 Å². The maximum Gasteiger partial charge on any atom is 0.449 e. The van der Waals surface area contributed by atoms with Crippen LogP contribution in [0.5, 0.6) is 11.5 Å². The molecule has 9 heteroatoms. The second-order valence-electron chi connectivity index (χ2n) is 5.18. The number of hydrogen-bond acceptors (Lipinski definition) is 5. The van der Waals surface area contributed by atoms with Gasteiger partial charge < -0.3 is 13.9 Å². The highest BCUT2D eigenvalue weighted by atomic mass is 19.4. The Bertz CT molecular complexity index is 856. The van der Waals surface area contributed by atoms with E-state index in [0.717, 1.165) is 17.0 Å². The summed E-state index contributed by atoms with van der Waals surface area (Å²) in [6, 6.07) is 4.85. The third kappa shape index (κ3) is 2.71. The molecule has 0 unspecified atom stereocenters. The van der Waals surface area contributed by atoms with Crippen molar-refractivity contribution in [2.24, 2.45) is 0 Å². The Morgan fingerprint density at radius 1 is 1.08 bits per heavy atom. The first-order valence-corrected chi connectivity index (χ1v) is 7.05. The van der Waals surface area contributed by atoms with Crippen LogP contribution in [0, 0.1) is 0 Å². The molecule has 1 amide bonds. The Balaban J connectivity index is 1.99. The predicted molar refractivity (Wildman–Crippen MR) is 78.8 cm³/mol. The van der Waals surface area contributed by atoms with Crippen LogP contribution in [0.1, 0.15) is 21.9 Å². The lowest BCUT2D eigenvalue weighted by Gasteiger charge is -2.16. The zero-order valence-electron chi connectivity index (χ0n) is 13.1. The van der Waals surface area contributed by atoms with Gasteiger partial charge in [-0.2, -0.15) is 13.2 Å². The zero-order chi connectivity index (χ0) is 18.4.